The van der Waals surface area contributed by atoms with Crippen LogP contribution in [-0.4, -0.2) is 32.9 Å². The van der Waals surface area contributed by atoms with Crippen molar-refractivity contribution in [1.82, 2.24) is 19.9 Å². The van der Waals surface area contributed by atoms with Crippen molar-refractivity contribution in [3.05, 3.63) is 59.2 Å². The van der Waals surface area contributed by atoms with E-state index in [1.165, 1.54) is 0 Å². The van der Waals surface area contributed by atoms with Gasteiger partial charge in [0.1, 0.15) is 0 Å². The standard InChI is InChI=1S/C20H13N4O3S.Mn/c25-28(26,27)20-11-18-9-16-4-3-14(22-16)7-12-1-2-13(21-12)8-15-5-6-17(23-15)10-19(20)24-18;/h1-10,21,24H,(H,25,26,27);. The molecule has 0 aromatic carbocycles. The molecule has 3 aromatic rings. The van der Waals surface area contributed by atoms with Crippen molar-refractivity contribution < 1.29 is 29.0 Å². The van der Waals surface area contributed by atoms with Crippen molar-refractivity contribution >= 4 is 61.0 Å². The van der Waals surface area contributed by atoms with E-state index >= 15 is 0 Å². The molecular formula is C20H13MnN4O3S. The van der Waals surface area contributed by atoms with E-state index in [9.17, 15) is 13.0 Å². The number of rotatable bonds is 1. The normalized spacial score (nSPS) is 13.2. The molecule has 3 aromatic heterocycles. The molecule has 0 amide bonds. The zero-order valence-electron chi connectivity index (χ0n) is 14.7. The Morgan fingerprint density at radius 1 is 0.759 bits per heavy atom. The fourth-order valence-electron chi connectivity index (χ4n) is 3.27. The number of hydrogen-bond donors (Lipinski definition) is 3. The van der Waals surface area contributed by atoms with E-state index in [-0.39, 0.29) is 14.9 Å². The fourth-order valence-corrected chi connectivity index (χ4v) is 4.77. The number of aromatic nitrogens is 4. The van der Waals surface area contributed by atoms with E-state index in [2.05, 4.69) is 35.9 Å². The van der Waals surface area contributed by atoms with Gasteiger partial charge in [0.2, 0.25) is 0 Å². The monoisotopic (exact) mass is 444 g/mol. The first-order valence-electron chi connectivity index (χ1n) is 8.59. The Kier molecular flexibility index (Phi) is 4.07. The van der Waals surface area contributed by atoms with Gasteiger partial charge in [-0.3, -0.25) is 0 Å². The molecule has 8 bridgehead atoms. The van der Waals surface area contributed by atoms with Gasteiger partial charge in [-0.1, -0.05) is 0 Å². The minimum absolute atomic E-state index is 0.225. The van der Waals surface area contributed by atoms with E-state index < -0.39 is 10.1 Å². The Hall–Kier alpha value is -2.97. The van der Waals surface area contributed by atoms with Crippen molar-refractivity contribution in [3.8, 4) is 0 Å². The number of fused-ring (bicyclic) bond motifs is 8. The molecule has 0 saturated heterocycles. The third-order valence-electron chi connectivity index (χ3n) is 4.50. The molecule has 0 radical (unpaired) electrons. The molecule has 5 rings (SSSR count). The first kappa shape index (κ1) is 18.1. The van der Waals surface area contributed by atoms with Gasteiger partial charge in [-0.2, -0.15) is 0 Å². The van der Waals surface area contributed by atoms with Crippen molar-refractivity contribution in [2.75, 3.05) is 0 Å². The summed E-state index contributed by atoms with van der Waals surface area (Å²) < 4.78 is 33.9. The number of nitrogens with zero attached hydrogens (tertiary/aromatic N) is 2. The molecule has 7 nitrogen and oxygen atoms in total. The summed E-state index contributed by atoms with van der Waals surface area (Å²) in [5, 5.41) is 0. The molecule has 2 aliphatic rings. The Bertz CT molecular complexity index is 1500. The summed E-state index contributed by atoms with van der Waals surface area (Å²) in [5.41, 5.74) is 5.17. The molecule has 0 fully saturated rings. The zero-order chi connectivity index (χ0) is 20.2. The first-order valence-corrected chi connectivity index (χ1v) is 10.6. The second kappa shape index (κ2) is 6.53. The van der Waals surface area contributed by atoms with Gasteiger partial charge in [0, 0.05) is 0 Å². The predicted molar refractivity (Wildman–Crippen MR) is 108 cm³/mol. The van der Waals surface area contributed by atoms with Crippen LogP contribution >= 0.6 is 0 Å². The molecular weight excluding hydrogens is 431 g/mol. The molecule has 0 spiro atoms. The first-order chi connectivity index (χ1) is 13.8. The fraction of sp³-hybridized carbons (Fsp3) is 0. The van der Waals surface area contributed by atoms with Crippen LogP contribution in [0.1, 0.15) is 22.8 Å². The third-order valence-corrected chi connectivity index (χ3v) is 6.24. The van der Waals surface area contributed by atoms with E-state index in [1.54, 1.807) is 18.2 Å². The van der Waals surface area contributed by atoms with Crippen LogP contribution in [0.2, 0.25) is 0 Å². The van der Waals surface area contributed by atoms with Crippen LogP contribution in [0.5, 0.6) is 0 Å². The van der Waals surface area contributed by atoms with Crippen molar-refractivity contribution in [2.45, 2.75) is 4.90 Å². The SMILES string of the molecule is O=S(=O)(O)c1[c]([Mn])c2cc3nc(cc4ccc(cc5nc(cc1[nH]2)C=C5)[nH]4)C=C3. The molecule has 9 heteroatoms. The van der Waals surface area contributed by atoms with Crippen molar-refractivity contribution in [1.29, 1.82) is 0 Å². The minimum atomic E-state index is -4.47. The van der Waals surface area contributed by atoms with Gasteiger partial charge in [-0.25, -0.2) is 0 Å². The van der Waals surface area contributed by atoms with Crippen LogP contribution in [-0.2, 0) is 26.1 Å². The third kappa shape index (κ3) is 3.45. The quantitative estimate of drug-likeness (QED) is 0.272. The van der Waals surface area contributed by atoms with Gasteiger partial charge in [0.15, 0.2) is 0 Å². The van der Waals surface area contributed by atoms with Gasteiger partial charge in [-0.15, -0.1) is 0 Å². The summed E-state index contributed by atoms with van der Waals surface area (Å²) in [4.78, 5) is 15.1. The van der Waals surface area contributed by atoms with Gasteiger partial charge in [0.05, 0.1) is 0 Å². The molecule has 29 heavy (non-hydrogen) atoms. The molecule has 0 atom stereocenters. The predicted octanol–water partition coefficient (Wildman–Crippen LogP) is 3.07. The number of nitrogens with one attached hydrogen (secondary N) is 2. The molecule has 3 N–H and O–H groups in total. The molecule has 5 heterocycles. The van der Waals surface area contributed by atoms with Crippen LogP contribution in [0.25, 0.3) is 46.4 Å². The van der Waals surface area contributed by atoms with E-state index in [1.807, 2.05) is 42.5 Å². The average molecular weight is 444 g/mol. The van der Waals surface area contributed by atoms with Crippen LogP contribution < -0.4 is 4.46 Å². The molecule has 0 saturated carbocycles. The summed E-state index contributed by atoms with van der Waals surface area (Å²) in [6.45, 7) is 0. The summed E-state index contributed by atoms with van der Waals surface area (Å²) >= 11 is 3.29. The van der Waals surface area contributed by atoms with Gasteiger partial charge in [-0.05, 0) is 0 Å². The van der Waals surface area contributed by atoms with Gasteiger partial charge in [0.25, 0.3) is 0 Å². The Morgan fingerprint density at radius 2 is 1.24 bits per heavy atom. The summed E-state index contributed by atoms with van der Waals surface area (Å²) in [7, 11) is -4.47. The van der Waals surface area contributed by atoms with Crippen LogP contribution in [0, 0.1) is 0 Å². The van der Waals surface area contributed by atoms with E-state index in [4.69, 9.17) is 0 Å². The van der Waals surface area contributed by atoms with Crippen LogP contribution in [0.15, 0.2) is 41.3 Å². The second-order valence-corrected chi connectivity index (χ2v) is 8.56. The van der Waals surface area contributed by atoms with E-state index in [0.29, 0.717) is 16.9 Å². The topological polar surface area (TPSA) is 112 Å². The summed E-state index contributed by atoms with van der Waals surface area (Å²) in [6, 6.07) is 11.0. The Balaban J connectivity index is 1.93. The van der Waals surface area contributed by atoms with Crippen molar-refractivity contribution in [2.24, 2.45) is 0 Å². The summed E-state index contributed by atoms with van der Waals surface area (Å²) in [6.07, 6.45) is 7.30. The van der Waals surface area contributed by atoms with Crippen molar-refractivity contribution in [3.63, 3.8) is 0 Å². The molecule has 2 aliphatic heterocycles. The maximum absolute atomic E-state index is 12.0. The molecule has 0 unspecified atom stereocenters. The number of hydrogen-bond acceptors (Lipinski definition) is 4. The van der Waals surface area contributed by atoms with Gasteiger partial charge >= 0.3 is 174 Å². The number of aromatic amines is 2. The van der Waals surface area contributed by atoms with Gasteiger partial charge < -0.3 is 0 Å². The molecule has 0 aliphatic carbocycles. The number of H-pyrrole nitrogens is 2. The van der Waals surface area contributed by atoms with Crippen LogP contribution in [0.4, 0.5) is 0 Å². The van der Waals surface area contributed by atoms with Crippen LogP contribution in [0.3, 0.4) is 0 Å². The zero-order valence-corrected chi connectivity index (χ0v) is 16.7. The summed E-state index contributed by atoms with van der Waals surface area (Å²) in [5.74, 6) is 0. The van der Waals surface area contributed by atoms with E-state index in [0.717, 1.165) is 22.4 Å². The Morgan fingerprint density at radius 3 is 1.76 bits per heavy atom. The second-order valence-electron chi connectivity index (χ2n) is 6.61. The maximum atomic E-state index is 12.0. The Labute approximate surface area is 173 Å². The molecule has 144 valence electrons. The average Bonchev–Trinajstić information content (AvgIpc) is 3.39.